The number of amides is 1. The third-order valence-electron chi connectivity index (χ3n) is 3.13. The molecule has 0 aromatic heterocycles. The molecular formula is C15H24N2O. The molecule has 1 atom stereocenters. The van der Waals surface area contributed by atoms with Crippen LogP contribution in [-0.2, 0) is 4.79 Å². The van der Waals surface area contributed by atoms with Crippen molar-refractivity contribution in [3.63, 3.8) is 0 Å². The van der Waals surface area contributed by atoms with Crippen LogP contribution >= 0.6 is 0 Å². The quantitative estimate of drug-likeness (QED) is 0.894. The van der Waals surface area contributed by atoms with Crippen LogP contribution in [-0.4, -0.2) is 18.5 Å². The molecule has 0 radical (unpaired) electrons. The first-order valence-corrected chi connectivity index (χ1v) is 6.41. The third-order valence-corrected chi connectivity index (χ3v) is 3.13. The van der Waals surface area contributed by atoms with Crippen molar-refractivity contribution in [1.29, 1.82) is 0 Å². The lowest BCUT2D eigenvalue weighted by Gasteiger charge is -2.31. The van der Waals surface area contributed by atoms with Crippen LogP contribution in [0.3, 0.4) is 0 Å². The van der Waals surface area contributed by atoms with Gasteiger partial charge in [-0.3, -0.25) is 4.79 Å². The van der Waals surface area contributed by atoms with E-state index in [9.17, 15) is 4.79 Å². The minimum Gasteiger partial charge on any atom is -0.319 e. The second kappa shape index (κ2) is 5.53. The molecule has 3 heteroatoms. The first kappa shape index (κ1) is 14.7. The van der Waals surface area contributed by atoms with Gasteiger partial charge < -0.3 is 10.6 Å². The van der Waals surface area contributed by atoms with E-state index >= 15 is 0 Å². The number of nitrogens with two attached hydrogens (primary N) is 1. The Bertz CT molecular complexity index is 403. The molecule has 1 aromatic rings. The standard InChI is InChI=1S/C15H24N2O/c1-6-17(12-9-7-11(2)8-10-12)14(18)13(16)15(3,4)5/h7-10,13H,6,16H2,1-5H3. The molecule has 0 spiro atoms. The first-order chi connectivity index (χ1) is 8.27. The average Bonchev–Trinajstić information content (AvgIpc) is 2.30. The Balaban J connectivity index is 2.97. The topological polar surface area (TPSA) is 46.3 Å². The van der Waals surface area contributed by atoms with Crippen LogP contribution in [0.5, 0.6) is 0 Å². The van der Waals surface area contributed by atoms with Gasteiger partial charge in [-0.1, -0.05) is 38.5 Å². The number of nitrogens with zero attached hydrogens (tertiary/aromatic N) is 1. The van der Waals surface area contributed by atoms with E-state index in [0.717, 1.165) is 5.69 Å². The van der Waals surface area contributed by atoms with Gasteiger partial charge in [-0.15, -0.1) is 0 Å². The molecule has 0 saturated heterocycles. The van der Waals surface area contributed by atoms with E-state index in [1.165, 1.54) is 5.56 Å². The summed E-state index contributed by atoms with van der Waals surface area (Å²) in [7, 11) is 0. The van der Waals surface area contributed by atoms with Crippen LogP contribution in [0, 0.1) is 12.3 Å². The molecule has 0 aliphatic heterocycles. The number of hydrogen-bond acceptors (Lipinski definition) is 2. The fraction of sp³-hybridized carbons (Fsp3) is 0.533. The summed E-state index contributed by atoms with van der Waals surface area (Å²) in [5, 5.41) is 0. The molecule has 1 unspecified atom stereocenters. The van der Waals surface area contributed by atoms with Gasteiger partial charge >= 0.3 is 0 Å². The van der Waals surface area contributed by atoms with E-state index < -0.39 is 6.04 Å². The van der Waals surface area contributed by atoms with Crippen molar-refractivity contribution >= 4 is 11.6 Å². The lowest BCUT2D eigenvalue weighted by atomic mass is 9.86. The second-order valence-electron chi connectivity index (χ2n) is 5.76. The Hall–Kier alpha value is -1.35. The maximum atomic E-state index is 12.4. The van der Waals surface area contributed by atoms with Crippen molar-refractivity contribution in [2.24, 2.45) is 11.1 Å². The van der Waals surface area contributed by atoms with Crippen molar-refractivity contribution in [2.75, 3.05) is 11.4 Å². The molecule has 1 rings (SSSR count). The van der Waals surface area contributed by atoms with Crippen molar-refractivity contribution < 1.29 is 4.79 Å². The number of rotatable bonds is 3. The van der Waals surface area contributed by atoms with E-state index in [-0.39, 0.29) is 11.3 Å². The number of benzene rings is 1. The van der Waals surface area contributed by atoms with Crippen LogP contribution in [0.25, 0.3) is 0 Å². The molecule has 0 bridgehead atoms. The summed E-state index contributed by atoms with van der Waals surface area (Å²) in [6.07, 6.45) is 0. The molecule has 0 aliphatic carbocycles. The van der Waals surface area contributed by atoms with Crippen LogP contribution in [0.15, 0.2) is 24.3 Å². The third kappa shape index (κ3) is 3.33. The van der Waals surface area contributed by atoms with Gasteiger partial charge in [0.15, 0.2) is 0 Å². The summed E-state index contributed by atoms with van der Waals surface area (Å²) < 4.78 is 0. The van der Waals surface area contributed by atoms with Gasteiger partial charge in [-0.25, -0.2) is 0 Å². The maximum absolute atomic E-state index is 12.4. The summed E-state index contributed by atoms with van der Waals surface area (Å²) >= 11 is 0. The van der Waals surface area contributed by atoms with E-state index in [1.807, 2.05) is 58.9 Å². The Morgan fingerprint density at radius 3 is 2.17 bits per heavy atom. The monoisotopic (exact) mass is 248 g/mol. The molecule has 18 heavy (non-hydrogen) atoms. The lowest BCUT2D eigenvalue weighted by Crippen LogP contribution is -2.50. The van der Waals surface area contributed by atoms with Crippen molar-refractivity contribution in [2.45, 2.75) is 40.7 Å². The highest BCUT2D eigenvalue weighted by Gasteiger charge is 2.31. The zero-order chi connectivity index (χ0) is 13.9. The van der Waals surface area contributed by atoms with Gasteiger partial charge in [-0.2, -0.15) is 0 Å². The van der Waals surface area contributed by atoms with E-state index in [2.05, 4.69) is 0 Å². The zero-order valence-electron chi connectivity index (χ0n) is 12.0. The van der Waals surface area contributed by atoms with Gasteiger partial charge in [0.2, 0.25) is 5.91 Å². The fourth-order valence-corrected chi connectivity index (χ4v) is 1.73. The smallest absolute Gasteiger partial charge is 0.244 e. The molecule has 0 fully saturated rings. The summed E-state index contributed by atoms with van der Waals surface area (Å²) in [5.41, 5.74) is 7.91. The zero-order valence-corrected chi connectivity index (χ0v) is 12.0. The molecule has 0 saturated carbocycles. The summed E-state index contributed by atoms with van der Waals surface area (Å²) in [4.78, 5) is 14.2. The summed E-state index contributed by atoms with van der Waals surface area (Å²) in [6.45, 7) is 10.6. The average molecular weight is 248 g/mol. The van der Waals surface area contributed by atoms with Gasteiger partial charge in [0.1, 0.15) is 0 Å². The van der Waals surface area contributed by atoms with Crippen molar-refractivity contribution in [3.8, 4) is 0 Å². The summed E-state index contributed by atoms with van der Waals surface area (Å²) in [6, 6.07) is 7.46. The molecule has 0 heterocycles. The number of hydrogen-bond donors (Lipinski definition) is 1. The number of likely N-dealkylation sites (N-methyl/N-ethyl adjacent to an activating group) is 1. The molecule has 100 valence electrons. The van der Waals surface area contributed by atoms with Crippen LogP contribution in [0.4, 0.5) is 5.69 Å². The Kier molecular flexibility index (Phi) is 4.52. The predicted octanol–water partition coefficient (Wildman–Crippen LogP) is 2.72. The molecule has 1 aromatic carbocycles. The number of carbonyl (C=O) groups excluding carboxylic acids is 1. The second-order valence-corrected chi connectivity index (χ2v) is 5.76. The highest BCUT2D eigenvalue weighted by atomic mass is 16.2. The first-order valence-electron chi connectivity index (χ1n) is 6.41. The molecule has 0 aliphatic rings. The molecule has 2 N–H and O–H groups in total. The Morgan fingerprint density at radius 1 is 1.28 bits per heavy atom. The largest absolute Gasteiger partial charge is 0.319 e. The fourth-order valence-electron chi connectivity index (χ4n) is 1.73. The Labute approximate surface area is 110 Å². The normalized spacial score (nSPS) is 13.2. The van der Waals surface area contributed by atoms with E-state index in [4.69, 9.17) is 5.73 Å². The van der Waals surface area contributed by atoms with Gasteiger partial charge in [0.05, 0.1) is 6.04 Å². The number of carbonyl (C=O) groups is 1. The van der Waals surface area contributed by atoms with E-state index in [0.29, 0.717) is 6.54 Å². The van der Waals surface area contributed by atoms with Crippen LogP contribution in [0.1, 0.15) is 33.3 Å². The molecule has 1 amide bonds. The maximum Gasteiger partial charge on any atom is 0.244 e. The minimum atomic E-state index is -0.487. The highest BCUT2D eigenvalue weighted by molar-refractivity contribution is 5.97. The minimum absolute atomic E-state index is 0.0196. The van der Waals surface area contributed by atoms with Crippen LogP contribution in [0.2, 0.25) is 0 Å². The predicted molar refractivity (Wildman–Crippen MR) is 76.6 cm³/mol. The van der Waals surface area contributed by atoms with Gasteiger partial charge in [-0.05, 0) is 31.4 Å². The van der Waals surface area contributed by atoms with Gasteiger partial charge in [0, 0.05) is 12.2 Å². The SMILES string of the molecule is CCN(C(=O)C(N)C(C)(C)C)c1ccc(C)cc1. The highest BCUT2D eigenvalue weighted by Crippen LogP contribution is 2.22. The van der Waals surface area contributed by atoms with Crippen LogP contribution < -0.4 is 10.6 Å². The molecular weight excluding hydrogens is 224 g/mol. The van der Waals surface area contributed by atoms with Gasteiger partial charge in [0.25, 0.3) is 0 Å². The summed E-state index contributed by atoms with van der Waals surface area (Å²) in [5.74, 6) is -0.0196. The Morgan fingerprint density at radius 2 is 1.78 bits per heavy atom. The number of aryl methyl sites for hydroxylation is 1. The van der Waals surface area contributed by atoms with E-state index in [1.54, 1.807) is 4.90 Å². The van der Waals surface area contributed by atoms with Crippen molar-refractivity contribution in [1.82, 2.24) is 0 Å². The number of anilines is 1. The lowest BCUT2D eigenvalue weighted by molar-refractivity contribution is -0.121. The molecule has 3 nitrogen and oxygen atoms in total. The van der Waals surface area contributed by atoms with Crippen molar-refractivity contribution in [3.05, 3.63) is 29.8 Å².